The lowest BCUT2D eigenvalue weighted by Crippen LogP contribution is -2.43. The van der Waals surface area contributed by atoms with E-state index in [4.69, 9.17) is 14.2 Å². The quantitative estimate of drug-likeness (QED) is 0.774. The number of benzene rings is 2. The van der Waals surface area contributed by atoms with Crippen LogP contribution in [0.3, 0.4) is 0 Å². The molecule has 1 fully saturated rings. The van der Waals surface area contributed by atoms with Crippen molar-refractivity contribution in [2.24, 2.45) is 0 Å². The van der Waals surface area contributed by atoms with Gasteiger partial charge in [0, 0.05) is 37.4 Å². The molecule has 0 bridgehead atoms. The second-order valence-electron chi connectivity index (χ2n) is 6.79. The van der Waals surface area contributed by atoms with E-state index in [1.54, 1.807) is 0 Å². The maximum absolute atomic E-state index is 5.75. The van der Waals surface area contributed by atoms with Crippen LogP contribution >= 0.6 is 0 Å². The Balaban J connectivity index is 1.15. The summed E-state index contributed by atoms with van der Waals surface area (Å²) < 4.78 is 16.6. The molecule has 0 saturated carbocycles. The van der Waals surface area contributed by atoms with E-state index in [2.05, 4.69) is 34.5 Å². The van der Waals surface area contributed by atoms with Crippen LogP contribution < -0.4 is 19.7 Å². The highest BCUT2D eigenvalue weighted by molar-refractivity contribution is 5.57. The van der Waals surface area contributed by atoms with Crippen LogP contribution in [0.25, 0.3) is 0 Å². The minimum absolute atomic E-state index is 0.330. The van der Waals surface area contributed by atoms with E-state index in [1.807, 2.05) is 24.3 Å². The first-order valence-corrected chi connectivity index (χ1v) is 9.38. The number of anilines is 1. The zero-order chi connectivity index (χ0) is 17.6. The lowest BCUT2D eigenvalue weighted by Gasteiger charge is -2.34. The summed E-state index contributed by atoms with van der Waals surface area (Å²) in [6, 6.07) is 17.1. The lowest BCUT2D eigenvalue weighted by molar-refractivity contribution is 0.120. The van der Waals surface area contributed by atoms with Gasteiger partial charge >= 0.3 is 0 Å². The van der Waals surface area contributed by atoms with Crippen LogP contribution in [-0.2, 0) is 11.3 Å². The van der Waals surface area contributed by atoms with E-state index in [0.717, 1.165) is 50.6 Å². The van der Waals surface area contributed by atoms with Crippen molar-refractivity contribution < 1.29 is 14.2 Å². The highest BCUT2D eigenvalue weighted by atomic mass is 16.7. The first kappa shape index (κ1) is 17.2. The number of hydrogen-bond donors (Lipinski definition) is 1. The molecule has 0 spiro atoms. The third-order valence-corrected chi connectivity index (χ3v) is 5.01. The van der Waals surface area contributed by atoms with Crippen molar-refractivity contribution in [1.29, 1.82) is 0 Å². The summed E-state index contributed by atoms with van der Waals surface area (Å²) in [5, 5.41) is 3.63. The van der Waals surface area contributed by atoms with Gasteiger partial charge in [-0.3, -0.25) is 0 Å². The van der Waals surface area contributed by atoms with Gasteiger partial charge in [-0.05, 0) is 30.5 Å². The predicted octanol–water partition coefficient (Wildman–Crippen LogP) is 3.19. The van der Waals surface area contributed by atoms with Crippen LogP contribution in [0.1, 0.15) is 18.4 Å². The monoisotopic (exact) mass is 354 g/mol. The molecule has 138 valence electrons. The van der Waals surface area contributed by atoms with Gasteiger partial charge in [0.05, 0.1) is 13.2 Å². The predicted molar refractivity (Wildman–Crippen MR) is 102 cm³/mol. The van der Waals surface area contributed by atoms with Gasteiger partial charge in [0.25, 0.3) is 0 Å². The van der Waals surface area contributed by atoms with Crippen LogP contribution in [0.5, 0.6) is 11.5 Å². The number of nitrogens with one attached hydrogen (secondary N) is 1. The molecule has 0 radical (unpaired) electrons. The summed E-state index contributed by atoms with van der Waals surface area (Å²) in [7, 11) is 0. The smallest absolute Gasteiger partial charge is 0.231 e. The van der Waals surface area contributed by atoms with Crippen molar-refractivity contribution >= 4 is 5.69 Å². The molecule has 2 aliphatic heterocycles. The van der Waals surface area contributed by atoms with E-state index >= 15 is 0 Å². The van der Waals surface area contributed by atoms with E-state index in [9.17, 15) is 0 Å². The fourth-order valence-electron chi connectivity index (χ4n) is 3.52. The number of rotatable bonds is 7. The molecule has 0 aliphatic carbocycles. The first-order valence-electron chi connectivity index (χ1n) is 9.38. The van der Waals surface area contributed by atoms with Gasteiger partial charge in [0.15, 0.2) is 11.5 Å². The molecule has 1 saturated heterocycles. The van der Waals surface area contributed by atoms with Crippen LogP contribution in [0.4, 0.5) is 5.69 Å². The molecule has 5 nitrogen and oxygen atoms in total. The van der Waals surface area contributed by atoms with Gasteiger partial charge < -0.3 is 24.4 Å². The molecule has 5 heteroatoms. The standard InChI is InChI=1S/C21H26N2O3/c1-2-4-17(5-3-1)15-24-13-10-22-18-8-11-23(12-9-18)19-6-7-20-21(14-19)26-16-25-20/h1-7,14,18,22H,8-13,15-16H2. The number of piperidine rings is 1. The first-order chi connectivity index (χ1) is 12.9. The van der Waals surface area contributed by atoms with Crippen molar-refractivity contribution in [3.63, 3.8) is 0 Å². The molecule has 0 atom stereocenters. The van der Waals surface area contributed by atoms with Gasteiger partial charge in [0.1, 0.15) is 0 Å². The Morgan fingerprint density at radius 1 is 1.00 bits per heavy atom. The molecule has 2 aromatic carbocycles. The lowest BCUT2D eigenvalue weighted by atomic mass is 10.0. The zero-order valence-electron chi connectivity index (χ0n) is 15.0. The van der Waals surface area contributed by atoms with Crippen molar-refractivity contribution in [3.8, 4) is 11.5 Å². The van der Waals surface area contributed by atoms with E-state index in [-0.39, 0.29) is 0 Å². The van der Waals surface area contributed by atoms with Crippen molar-refractivity contribution in [2.45, 2.75) is 25.5 Å². The fourth-order valence-corrected chi connectivity index (χ4v) is 3.52. The minimum atomic E-state index is 0.330. The number of hydrogen-bond acceptors (Lipinski definition) is 5. The zero-order valence-corrected chi connectivity index (χ0v) is 15.0. The van der Waals surface area contributed by atoms with Crippen LogP contribution in [0, 0.1) is 0 Å². The Morgan fingerprint density at radius 2 is 1.81 bits per heavy atom. The third-order valence-electron chi connectivity index (χ3n) is 5.01. The second kappa shape index (κ2) is 8.43. The molecule has 0 aromatic heterocycles. The van der Waals surface area contributed by atoms with Gasteiger partial charge in [-0.15, -0.1) is 0 Å². The van der Waals surface area contributed by atoms with Crippen molar-refractivity contribution in [1.82, 2.24) is 5.32 Å². The Kier molecular flexibility index (Phi) is 5.57. The van der Waals surface area contributed by atoms with E-state index in [1.165, 1.54) is 11.3 Å². The molecular weight excluding hydrogens is 328 g/mol. The molecule has 4 rings (SSSR count). The highest BCUT2D eigenvalue weighted by Gasteiger charge is 2.21. The topological polar surface area (TPSA) is 43.0 Å². The SMILES string of the molecule is c1ccc(COCCNC2CCN(c3ccc4c(c3)OCO4)CC2)cc1. The summed E-state index contributed by atoms with van der Waals surface area (Å²) >= 11 is 0. The largest absolute Gasteiger partial charge is 0.454 e. The van der Waals surface area contributed by atoms with Gasteiger partial charge in [-0.1, -0.05) is 30.3 Å². The summed E-state index contributed by atoms with van der Waals surface area (Å²) in [6.45, 7) is 4.78. The Morgan fingerprint density at radius 3 is 2.65 bits per heavy atom. The van der Waals surface area contributed by atoms with Crippen LogP contribution in [0.15, 0.2) is 48.5 Å². The van der Waals surface area contributed by atoms with Crippen LogP contribution in [-0.4, -0.2) is 39.1 Å². The van der Waals surface area contributed by atoms with Crippen molar-refractivity contribution in [3.05, 3.63) is 54.1 Å². The maximum atomic E-state index is 5.75. The molecule has 0 unspecified atom stereocenters. The Labute approximate surface area is 154 Å². The summed E-state index contributed by atoms with van der Waals surface area (Å²) in [6.07, 6.45) is 2.29. The van der Waals surface area contributed by atoms with Gasteiger partial charge in [0.2, 0.25) is 6.79 Å². The molecule has 2 heterocycles. The maximum Gasteiger partial charge on any atom is 0.231 e. The number of fused-ring (bicyclic) bond motifs is 1. The average molecular weight is 354 g/mol. The fraction of sp³-hybridized carbons (Fsp3) is 0.429. The summed E-state index contributed by atoms with van der Waals surface area (Å²) in [5.41, 5.74) is 2.45. The molecule has 0 amide bonds. The molecule has 1 N–H and O–H groups in total. The Bertz CT molecular complexity index is 700. The van der Waals surface area contributed by atoms with Gasteiger partial charge in [-0.2, -0.15) is 0 Å². The highest BCUT2D eigenvalue weighted by Crippen LogP contribution is 2.36. The molecule has 2 aliphatic rings. The number of ether oxygens (including phenoxy) is 3. The Hall–Kier alpha value is -2.24. The van der Waals surface area contributed by atoms with E-state index < -0.39 is 0 Å². The summed E-state index contributed by atoms with van der Waals surface area (Å²) in [4.78, 5) is 2.42. The normalized spacial score (nSPS) is 16.8. The summed E-state index contributed by atoms with van der Waals surface area (Å²) in [5.74, 6) is 1.71. The molecule has 2 aromatic rings. The average Bonchev–Trinajstić information content (AvgIpc) is 3.17. The molecule has 26 heavy (non-hydrogen) atoms. The number of nitrogens with zero attached hydrogens (tertiary/aromatic N) is 1. The van der Waals surface area contributed by atoms with Crippen LogP contribution in [0.2, 0.25) is 0 Å². The molecular formula is C21H26N2O3. The van der Waals surface area contributed by atoms with Gasteiger partial charge in [-0.25, -0.2) is 0 Å². The second-order valence-corrected chi connectivity index (χ2v) is 6.79. The third kappa shape index (κ3) is 4.29. The minimum Gasteiger partial charge on any atom is -0.454 e. The van der Waals surface area contributed by atoms with Crippen molar-refractivity contribution in [2.75, 3.05) is 37.9 Å². The van der Waals surface area contributed by atoms with E-state index in [0.29, 0.717) is 19.4 Å².